The third kappa shape index (κ3) is 5.05. The van der Waals surface area contributed by atoms with Crippen molar-refractivity contribution in [3.8, 4) is 0 Å². The van der Waals surface area contributed by atoms with Crippen molar-refractivity contribution in [2.24, 2.45) is 0 Å². The van der Waals surface area contributed by atoms with Gasteiger partial charge in [-0.15, -0.1) is 0 Å². The molecule has 0 aliphatic heterocycles. The number of hydrogen-bond donors (Lipinski definition) is 1. The number of aryl methyl sites for hydroxylation is 1. The summed E-state index contributed by atoms with van der Waals surface area (Å²) in [5.41, 5.74) is 4.44. The summed E-state index contributed by atoms with van der Waals surface area (Å²) in [7, 11) is 0. The number of rotatable bonds is 5. The number of benzene rings is 1. The monoisotopic (exact) mass is 245 g/mol. The quantitative estimate of drug-likeness (QED) is 0.809. The minimum Gasteiger partial charge on any atom is -0.308 e. The molecule has 1 N–H and O–H groups in total. The van der Waals surface area contributed by atoms with Gasteiger partial charge in [0.2, 0.25) is 0 Å². The van der Waals surface area contributed by atoms with Crippen molar-refractivity contribution >= 4 is 6.08 Å². The smallest absolute Gasteiger partial charge is 0.0172 e. The minimum absolute atomic E-state index is 0.179. The van der Waals surface area contributed by atoms with Gasteiger partial charge in [-0.1, -0.05) is 49.8 Å². The zero-order valence-corrected chi connectivity index (χ0v) is 12.5. The van der Waals surface area contributed by atoms with Crippen LogP contribution in [0, 0.1) is 0 Å². The van der Waals surface area contributed by atoms with Gasteiger partial charge in [0.1, 0.15) is 0 Å². The van der Waals surface area contributed by atoms with Crippen LogP contribution in [0.4, 0.5) is 0 Å². The van der Waals surface area contributed by atoms with E-state index in [4.69, 9.17) is 0 Å². The Bertz CT molecular complexity index is 396. The van der Waals surface area contributed by atoms with Crippen molar-refractivity contribution in [2.45, 2.75) is 53.0 Å². The first kappa shape index (κ1) is 15.0. The second kappa shape index (κ2) is 6.75. The first-order valence-electron chi connectivity index (χ1n) is 6.98. The van der Waals surface area contributed by atoms with Crippen LogP contribution in [0.3, 0.4) is 0 Å². The van der Waals surface area contributed by atoms with Crippen LogP contribution in [0.2, 0.25) is 0 Å². The van der Waals surface area contributed by atoms with E-state index in [-0.39, 0.29) is 5.54 Å². The molecular formula is C17H27N. The third-order valence-corrected chi connectivity index (χ3v) is 3.10. The molecule has 0 saturated heterocycles. The molecule has 0 amide bonds. The Morgan fingerprint density at radius 3 is 2.39 bits per heavy atom. The van der Waals surface area contributed by atoms with Gasteiger partial charge in [0.05, 0.1) is 0 Å². The first-order valence-corrected chi connectivity index (χ1v) is 6.98. The minimum atomic E-state index is 0.179. The van der Waals surface area contributed by atoms with E-state index in [1.165, 1.54) is 16.7 Å². The topological polar surface area (TPSA) is 12.0 Å². The van der Waals surface area contributed by atoms with Crippen LogP contribution >= 0.6 is 0 Å². The molecule has 0 bridgehead atoms. The first-order chi connectivity index (χ1) is 8.46. The average Bonchev–Trinajstić information content (AvgIpc) is 2.33. The van der Waals surface area contributed by atoms with Gasteiger partial charge in [0, 0.05) is 12.1 Å². The number of nitrogens with one attached hydrogen (secondary N) is 1. The van der Waals surface area contributed by atoms with Crippen molar-refractivity contribution < 1.29 is 0 Å². The highest BCUT2D eigenvalue weighted by Gasteiger charge is 2.09. The van der Waals surface area contributed by atoms with E-state index in [2.05, 4.69) is 70.3 Å². The molecule has 0 aromatic heterocycles. The van der Waals surface area contributed by atoms with Gasteiger partial charge in [0.15, 0.2) is 0 Å². The average molecular weight is 245 g/mol. The lowest BCUT2D eigenvalue weighted by molar-refractivity contribution is 0.443. The molecule has 1 heteroatoms. The van der Waals surface area contributed by atoms with Gasteiger partial charge in [-0.3, -0.25) is 0 Å². The lowest BCUT2D eigenvalue weighted by Crippen LogP contribution is -2.36. The van der Waals surface area contributed by atoms with Gasteiger partial charge in [0.25, 0.3) is 0 Å². The second-order valence-corrected chi connectivity index (χ2v) is 5.81. The maximum atomic E-state index is 3.56. The Hall–Kier alpha value is -1.08. The summed E-state index contributed by atoms with van der Waals surface area (Å²) in [6, 6.07) is 8.67. The van der Waals surface area contributed by atoms with E-state index in [0.717, 1.165) is 19.4 Å². The Labute approximate surface area is 112 Å². The standard InChI is InChI=1S/C17H27N/c1-6-14(13-18-17(3,4)5)12-16-11-9-8-10-15(16)7-2/h8-12,18H,6-7,13H2,1-5H3. The number of hydrogen-bond acceptors (Lipinski definition) is 1. The molecule has 1 rings (SSSR count). The Morgan fingerprint density at radius 1 is 1.17 bits per heavy atom. The summed E-state index contributed by atoms with van der Waals surface area (Å²) in [5, 5.41) is 3.56. The van der Waals surface area contributed by atoms with Gasteiger partial charge in [-0.25, -0.2) is 0 Å². The van der Waals surface area contributed by atoms with E-state index < -0.39 is 0 Å². The molecular weight excluding hydrogens is 218 g/mol. The maximum Gasteiger partial charge on any atom is 0.0172 e. The fourth-order valence-electron chi connectivity index (χ4n) is 1.87. The molecule has 0 atom stereocenters. The molecule has 100 valence electrons. The van der Waals surface area contributed by atoms with Crippen molar-refractivity contribution in [3.05, 3.63) is 41.0 Å². The van der Waals surface area contributed by atoms with Gasteiger partial charge in [-0.2, -0.15) is 0 Å². The maximum absolute atomic E-state index is 3.56. The van der Waals surface area contributed by atoms with Crippen LogP contribution in [0.1, 0.15) is 52.2 Å². The van der Waals surface area contributed by atoms with Crippen LogP contribution in [0.15, 0.2) is 29.8 Å². The molecule has 0 aliphatic carbocycles. The lowest BCUT2D eigenvalue weighted by Gasteiger charge is -2.21. The van der Waals surface area contributed by atoms with Crippen LogP contribution in [0.25, 0.3) is 6.08 Å². The zero-order valence-electron chi connectivity index (χ0n) is 12.5. The summed E-state index contributed by atoms with van der Waals surface area (Å²) in [6.45, 7) is 12.0. The SMILES string of the molecule is CCC(=Cc1ccccc1CC)CNC(C)(C)C. The van der Waals surface area contributed by atoms with Gasteiger partial charge < -0.3 is 5.32 Å². The third-order valence-electron chi connectivity index (χ3n) is 3.10. The zero-order chi connectivity index (χ0) is 13.6. The molecule has 0 fully saturated rings. The largest absolute Gasteiger partial charge is 0.308 e. The van der Waals surface area contributed by atoms with E-state index in [0.29, 0.717) is 0 Å². The molecule has 18 heavy (non-hydrogen) atoms. The Morgan fingerprint density at radius 2 is 1.83 bits per heavy atom. The van der Waals surface area contributed by atoms with Crippen molar-refractivity contribution in [1.82, 2.24) is 5.32 Å². The molecule has 0 radical (unpaired) electrons. The predicted octanol–water partition coefficient (Wildman–Crippen LogP) is 4.43. The molecule has 1 aromatic rings. The summed E-state index contributed by atoms with van der Waals surface area (Å²) in [6.07, 6.45) is 4.54. The van der Waals surface area contributed by atoms with E-state index in [1.807, 2.05) is 0 Å². The predicted molar refractivity (Wildman–Crippen MR) is 81.8 cm³/mol. The van der Waals surface area contributed by atoms with Crippen molar-refractivity contribution in [3.63, 3.8) is 0 Å². The second-order valence-electron chi connectivity index (χ2n) is 5.81. The molecule has 1 aromatic carbocycles. The highest BCUT2D eigenvalue weighted by Crippen LogP contribution is 2.15. The summed E-state index contributed by atoms with van der Waals surface area (Å²) >= 11 is 0. The van der Waals surface area contributed by atoms with Crippen molar-refractivity contribution in [1.29, 1.82) is 0 Å². The van der Waals surface area contributed by atoms with Crippen LogP contribution in [0.5, 0.6) is 0 Å². The highest BCUT2D eigenvalue weighted by atomic mass is 14.9. The fourth-order valence-corrected chi connectivity index (χ4v) is 1.87. The van der Waals surface area contributed by atoms with Crippen molar-refractivity contribution in [2.75, 3.05) is 6.54 Å². The molecule has 1 nitrogen and oxygen atoms in total. The Kier molecular flexibility index (Phi) is 5.61. The van der Waals surface area contributed by atoms with E-state index in [9.17, 15) is 0 Å². The molecule has 0 saturated carbocycles. The van der Waals surface area contributed by atoms with Crippen LogP contribution in [-0.2, 0) is 6.42 Å². The Balaban J connectivity index is 2.83. The summed E-state index contributed by atoms with van der Waals surface area (Å²) in [4.78, 5) is 0. The summed E-state index contributed by atoms with van der Waals surface area (Å²) < 4.78 is 0. The van der Waals surface area contributed by atoms with E-state index >= 15 is 0 Å². The molecule has 0 heterocycles. The molecule has 0 unspecified atom stereocenters. The fraction of sp³-hybridized carbons (Fsp3) is 0.529. The van der Waals surface area contributed by atoms with Crippen LogP contribution < -0.4 is 5.32 Å². The van der Waals surface area contributed by atoms with Gasteiger partial charge in [-0.05, 0) is 44.7 Å². The molecule has 0 spiro atoms. The van der Waals surface area contributed by atoms with E-state index in [1.54, 1.807) is 0 Å². The highest BCUT2D eigenvalue weighted by molar-refractivity contribution is 5.57. The van der Waals surface area contributed by atoms with Gasteiger partial charge >= 0.3 is 0 Å². The molecule has 0 aliphatic rings. The lowest BCUT2D eigenvalue weighted by atomic mass is 10.0. The van der Waals surface area contributed by atoms with Crippen LogP contribution in [-0.4, -0.2) is 12.1 Å². The summed E-state index contributed by atoms with van der Waals surface area (Å²) in [5.74, 6) is 0. The normalized spacial score (nSPS) is 12.8.